The Balaban J connectivity index is 4.29. The SMILES string of the molecule is CC(C)(C)ON[C@@H](CCCCN)C(=O)N=[N+]=[N-]. The minimum Gasteiger partial charge on any atom is -0.330 e. The molecule has 7 heteroatoms. The third kappa shape index (κ3) is 8.65. The van der Waals surface area contributed by atoms with E-state index in [-0.39, 0.29) is 0 Å². The molecular weight excluding hydrogens is 222 g/mol. The molecule has 0 radical (unpaired) electrons. The highest BCUT2D eigenvalue weighted by molar-refractivity contribution is 5.82. The Hall–Kier alpha value is -1.14. The van der Waals surface area contributed by atoms with E-state index < -0.39 is 17.6 Å². The van der Waals surface area contributed by atoms with Crippen molar-refractivity contribution in [3.05, 3.63) is 10.4 Å². The van der Waals surface area contributed by atoms with Gasteiger partial charge in [-0.25, -0.2) is 0 Å². The number of unbranched alkanes of at least 4 members (excludes halogenated alkanes) is 1. The third-order valence-electron chi connectivity index (χ3n) is 1.90. The lowest BCUT2D eigenvalue weighted by Gasteiger charge is -2.23. The highest BCUT2D eigenvalue weighted by atomic mass is 16.7. The van der Waals surface area contributed by atoms with E-state index in [1.807, 2.05) is 20.8 Å². The normalized spacial score (nSPS) is 12.9. The molecule has 0 spiro atoms. The Morgan fingerprint density at radius 1 is 1.53 bits per heavy atom. The smallest absolute Gasteiger partial charge is 0.238 e. The van der Waals surface area contributed by atoms with Crippen LogP contribution in [0.25, 0.3) is 10.4 Å². The lowest BCUT2D eigenvalue weighted by atomic mass is 10.1. The summed E-state index contributed by atoms with van der Waals surface area (Å²) in [7, 11) is 0. The highest BCUT2D eigenvalue weighted by Gasteiger charge is 2.20. The van der Waals surface area contributed by atoms with E-state index in [4.69, 9.17) is 16.1 Å². The fourth-order valence-corrected chi connectivity index (χ4v) is 1.09. The van der Waals surface area contributed by atoms with Gasteiger partial charge in [-0.05, 0) is 50.8 Å². The van der Waals surface area contributed by atoms with Gasteiger partial charge in [-0.15, -0.1) is 0 Å². The summed E-state index contributed by atoms with van der Waals surface area (Å²) in [4.78, 5) is 19.2. The first kappa shape index (κ1) is 15.9. The van der Waals surface area contributed by atoms with Gasteiger partial charge in [0.2, 0.25) is 5.91 Å². The molecule has 1 amide bonds. The molecule has 0 bridgehead atoms. The van der Waals surface area contributed by atoms with E-state index in [0.29, 0.717) is 13.0 Å². The van der Waals surface area contributed by atoms with Gasteiger partial charge in [0.05, 0.1) is 11.6 Å². The van der Waals surface area contributed by atoms with Gasteiger partial charge in [-0.2, -0.15) is 5.48 Å². The topological polar surface area (TPSA) is 113 Å². The number of hydrogen-bond donors (Lipinski definition) is 2. The highest BCUT2D eigenvalue weighted by Crippen LogP contribution is 2.08. The third-order valence-corrected chi connectivity index (χ3v) is 1.90. The molecule has 0 heterocycles. The molecule has 7 nitrogen and oxygen atoms in total. The number of nitrogens with zero attached hydrogens (tertiary/aromatic N) is 3. The van der Waals surface area contributed by atoms with E-state index in [0.717, 1.165) is 12.8 Å². The zero-order chi connectivity index (χ0) is 13.3. The number of carbonyl (C=O) groups excluding carboxylic acids is 1. The molecule has 0 aromatic heterocycles. The van der Waals surface area contributed by atoms with Crippen LogP contribution in [-0.4, -0.2) is 24.1 Å². The molecule has 1 atom stereocenters. The zero-order valence-corrected chi connectivity index (χ0v) is 10.6. The fraction of sp³-hybridized carbons (Fsp3) is 0.900. The second-order valence-electron chi connectivity index (χ2n) is 4.70. The first-order valence-corrected chi connectivity index (χ1v) is 5.63. The Labute approximate surface area is 101 Å². The predicted octanol–water partition coefficient (Wildman–Crippen LogP) is 1.64. The van der Waals surface area contributed by atoms with Crippen LogP contribution in [0.4, 0.5) is 0 Å². The Bertz CT molecular complexity index is 281. The molecule has 0 aliphatic heterocycles. The van der Waals surface area contributed by atoms with Crippen LogP contribution in [0.2, 0.25) is 0 Å². The molecule has 0 aliphatic rings. The van der Waals surface area contributed by atoms with Crippen LogP contribution in [0.5, 0.6) is 0 Å². The van der Waals surface area contributed by atoms with Crippen molar-refractivity contribution in [2.24, 2.45) is 10.8 Å². The standard InChI is InChI=1S/C10H21N5O2/c1-10(2,3)17-14-8(6-4-5-7-11)9(16)13-15-12/h8,14H,4-7,11H2,1-3H3/t8-/m0/s1. The molecule has 0 rings (SSSR count). The van der Waals surface area contributed by atoms with Crippen molar-refractivity contribution in [1.82, 2.24) is 5.48 Å². The summed E-state index contributed by atoms with van der Waals surface area (Å²) in [5.41, 5.74) is 15.8. The monoisotopic (exact) mass is 243 g/mol. The fourth-order valence-electron chi connectivity index (χ4n) is 1.09. The Morgan fingerprint density at radius 3 is 2.65 bits per heavy atom. The minimum atomic E-state index is -0.614. The second kappa shape index (κ2) is 8.03. The molecule has 0 saturated heterocycles. The van der Waals surface area contributed by atoms with Crippen LogP contribution in [0, 0.1) is 0 Å². The molecule has 0 unspecified atom stereocenters. The number of nitrogens with two attached hydrogens (primary N) is 1. The van der Waals surface area contributed by atoms with Gasteiger partial charge in [0.15, 0.2) is 0 Å². The molecule has 0 fully saturated rings. The molecule has 98 valence electrons. The predicted molar refractivity (Wildman–Crippen MR) is 64.8 cm³/mol. The lowest BCUT2D eigenvalue weighted by Crippen LogP contribution is -2.40. The summed E-state index contributed by atoms with van der Waals surface area (Å²) >= 11 is 0. The van der Waals surface area contributed by atoms with E-state index >= 15 is 0 Å². The maximum Gasteiger partial charge on any atom is 0.238 e. The van der Waals surface area contributed by atoms with Crippen molar-refractivity contribution in [1.29, 1.82) is 0 Å². The van der Waals surface area contributed by atoms with Gasteiger partial charge in [0.1, 0.15) is 0 Å². The van der Waals surface area contributed by atoms with Crippen LogP contribution in [0.15, 0.2) is 5.11 Å². The van der Waals surface area contributed by atoms with Crippen molar-refractivity contribution in [2.45, 2.75) is 51.7 Å². The molecule has 0 aliphatic carbocycles. The molecular formula is C10H21N5O2. The molecule has 0 saturated carbocycles. The van der Waals surface area contributed by atoms with Crippen molar-refractivity contribution < 1.29 is 9.63 Å². The Morgan fingerprint density at radius 2 is 2.18 bits per heavy atom. The number of nitrogens with one attached hydrogen (secondary N) is 1. The average molecular weight is 243 g/mol. The maximum atomic E-state index is 11.5. The van der Waals surface area contributed by atoms with Crippen molar-refractivity contribution >= 4 is 5.91 Å². The number of carbonyl (C=O) groups is 1. The molecule has 3 N–H and O–H groups in total. The summed E-state index contributed by atoms with van der Waals surface area (Å²) in [5, 5.41) is 3.07. The number of amides is 1. The largest absolute Gasteiger partial charge is 0.330 e. The van der Waals surface area contributed by atoms with Crippen molar-refractivity contribution in [2.75, 3.05) is 6.54 Å². The van der Waals surface area contributed by atoms with E-state index in [9.17, 15) is 4.79 Å². The maximum absolute atomic E-state index is 11.5. The molecule has 17 heavy (non-hydrogen) atoms. The number of hydrogen-bond acceptors (Lipinski definition) is 4. The average Bonchev–Trinajstić information content (AvgIpc) is 2.22. The summed E-state index contributed by atoms with van der Waals surface area (Å²) in [6, 6.07) is -0.614. The van der Waals surface area contributed by atoms with Gasteiger partial charge in [-0.1, -0.05) is 6.42 Å². The number of hydroxylamine groups is 1. The zero-order valence-electron chi connectivity index (χ0n) is 10.6. The van der Waals surface area contributed by atoms with Crippen LogP contribution in [0.3, 0.4) is 0 Å². The van der Waals surface area contributed by atoms with Crippen LogP contribution in [0.1, 0.15) is 40.0 Å². The van der Waals surface area contributed by atoms with E-state index in [1.165, 1.54) is 0 Å². The van der Waals surface area contributed by atoms with Crippen LogP contribution >= 0.6 is 0 Å². The Kier molecular flexibility index (Phi) is 7.49. The summed E-state index contributed by atoms with van der Waals surface area (Å²) in [5.74, 6) is -0.561. The summed E-state index contributed by atoms with van der Waals surface area (Å²) in [6.07, 6.45) is 2.12. The van der Waals surface area contributed by atoms with Crippen molar-refractivity contribution in [3.63, 3.8) is 0 Å². The van der Waals surface area contributed by atoms with Gasteiger partial charge < -0.3 is 5.73 Å². The molecule has 0 aromatic rings. The lowest BCUT2D eigenvalue weighted by molar-refractivity contribution is -0.132. The van der Waals surface area contributed by atoms with Gasteiger partial charge >= 0.3 is 0 Å². The summed E-state index contributed by atoms with van der Waals surface area (Å²) in [6.45, 7) is 6.14. The first-order chi connectivity index (χ1) is 7.90. The van der Waals surface area contributed by atoms with Crippen LogP contribution < -0.4 is 11.2 Å². The minimum absolute atomic E-state index is 0.414. The second-order valence-corrected chi connectivity index (χ2v) is 4.70. The summed E-state index contributed by atoms with van der Waals surface area (Å²) < 4.78 is 0. The van der Waals surface area contributed by atoms with Crippen LogP contribution in [-0.2, 0) is 9.63 Å². The number of rotatable bonds is 7. The van der Waals surface area contributed by atoms with E-state index in [2.05, 4.69) is 15.5 Å². The number of azide groups is 1. The van der Waals surface area contributed by atoms with Gasteiger partial charge in [0.25, 0.3) is 0 Å². The van der Waals surface area contributed by atoms with Gasteiger partial charge in [0, 0.05) is 4.91 Å². The van der Waals surface area contributed by atoms with Crippen molar-refractivity contribution in [3.8, 4) is 0 Å². The van der Waals surface area contributed by atoms with E-state index in [1.54, 1.807) is 0 Å². The quantitative estimate of drug-likeness (QED) is 0.232. The van der Waals surface area contributed by atoms with Gasteiger partial charge in [-0.3, -0.25) is 9.63 Å². The first-order valence-electron chi connectivity index (χ1n) is 5.63. The molecule has 0 aromatic carbocycles.